The second-order valence-electron chi connectivity index (χ2n) is 5.69. The van der Waals surface area contributed by atoms with E-state index in [0.717, 1.165) is 5.56 Å². The highest BCUT2D eigenvalue weighted by Crippen LogP contribution is 2.14. The second kappa shape index (κ2) is 7.65. The molecule has 0 fully saturated rings. The minimum absolute atomic E-state index is 0.130. The minimum Gasteiger partial charge on any atom is -0.326 e. The van der Waals surface area contributed by atoms with E-state index in [0.29, 0.717) is 36.5 Å². The molecule has 0 bridgehead atoms. The first-order valence-corrected chi connectivity index (χ1v) is 8.01. The molecule has 0 radical (unpaired) electrons. The third-order valence-electron chi connectivity index (χ3n) is 3.69. The number of amides is 1. The molecule has 0 aliphatic heterocycles. The Morgan fingerprint density at radius 1 is 1.20 bits per heavy atom. The van der Waals surface area contributed by atoms with E-state index in [1.54, 1.807) is 19.1 Å². The Morgan fingerprint density at radius 3 is 2.76 bits per heavy atom. The van der Waals surface area contributed by atoms with Gasteiger partial charge in [-0.1, -0.05) is 30.3 Å². The summed E-state index contributed by atoms with van der Waals surface area (Å²) in [6, 6.07) is 14.1. The van der Waals surface area contributed by atoms with Gasteiger partial charge in [0.25, 0.3) is 0 Å². The van der Waals surface area contributed by atoms with E-state index in [1.807, 2.05) is 30.3 Å². The maximum atomic E-state index is 13.2. The highest BCUT2D eigenvalue weighted by molar-refractivity contribution is 5.90. The van der Waals surface area contributed by atoms with Crippen molar-refractivity contribution in [2.45, 2.75) is 26.3 Å². The summed E-state index contributed by atoms with van der Waals surface area (Å²) in [5, 5.41) is 15.1. The van der Waals surface area contributed by atoms with Crippen molar-refractivity contribution in [1.82, 2.24) is 20.2 Å². The molecular formula is C18H18FN5O. The molecule has 0 spiro atoms. The number of nitrogens with one attached hydrogen (secondary N) is 1. The summed E-state index contributed by atoms with van der Waals surface area (Å²) in [6.07, 6.45) is 0.898. The van der Waals surface area contributed by atoms with Crippen LogP contribution in [0.15, 0.2) is 48.5 Å². The van der Waals surface area contributed by atoms with E-state index in [1.165, 1.54) is 10.9 Å². The molecule has 0 aliphatic carbocycles. The number of tetrazole rings is 1. The van der Waals surface area contributed by atoms with Crippen molar-refractivity contribution < 1.29 is 9.18 Å². The first-order chi connectivity index (χ1) is 12.1. The van der Waals surface area contributed by atoms with Crippen LogP contribution in [0.25, 0.3) is 11.4 Å². The van der Waals surface area contributed by atoms with Crippen LogP contribution in [0.4, 0.5) is 10.1 Å². The first kappa shape index (κ1) is 16.8. The number of benzene rings is 2. The molecule has 3 aromatic rings. The molecular weight excluding hydrogens is 321 g/mol. The van der Waals surface area contributed by atoms with Crippen LogP contribution in [0.3, 0.4) is 0 Å². The number of aromatic nitrogens is 4. The number of hydrogen-bond acceptors (Lipinski definition) is 4. The van der Waals surface area contributed by atoms with Gasteiger partial charge in [0.15, 0.2) is 0 Å². The van der Waals surface area contributed by atoms with Crippen molar-refractivity contribution in [2.24, 2.45) is 0 Å². The summed E-state index contributed by atoms with van der Waals surface area (Å²) in [6.45, 7) is 2.15. The van der Waals surface area contributed by atoms with Crippen molar-refractivity contribution in [3.63, 3.8) is 0 Å². The molecule has 128 valence electrons. The highest BCUT2D eigenvalue weighted by Gasteiger charge is 2.07. The number of aryl methyl sites for hydroxylation is 2. The van der Waals surface area contributed by atoms with Crippen molar-refractivity contribution in [3.8, 4) is 11.4 Å². The number of carbonyl (C=O) groups excluding carboxylic acids is 1. The smallest absolute Gasteiger partial charge is 0.224 e. The quantitative estimate of drug-likeness (QED) is 0.748. The van der Waals surface area contributed by atoms with Gasteiger partial charge in [-0.2, -0.15) is 4.80 Å². The molecule has 1 heterocycles. The Hall–Kier alpha value is -3.09. The summed E-state index contributed by atoms with van der Waals surface area (Å²) in [7, 11) is 0. The van der Waals surface area contributed by atoms with E-state index in [9.17, 15) is 9.18 Å². The topological polar surface area (TPSA) is 72.7 Å². The first-order valence-electron chi connectivity index (χ1n) is 8.01. The van der Waals surface area contributed by atoms with Gasteiger partial charge in [0.2, 0.25) is 11.7 Å². The van der Waals surface area contributed by atoms with E-state index in [-0.39, 0.29) is 11.7 Å². The second-order valence-corrected chi connectivity index (χ2v) is 5.69. The van der Waals surface area contributed by atoms with Gasteiger partial charge >= 0.3 is 0 Å². The lowest BCUT2D eigenvalue weighted by molar-refractivity contribution is -0.116. The van der Waals surface area contributed by atoms with E-state index >= 15 is 0 Å². The van der Waals surface area contributed by atoms with E-state index in [4.69, 9.17) is 0 Å². The third kappa shape index (κ3) is 4.47. The lowest BCUT2D eigenvalue weighted by Gasteiger charge is -2.06. The van der Waals surface area contributed by atoms with Gasteiger partial charge in [-0.25, -0.2) is 4.39 Å². The molecule has 0 saturated heterocycles. The predicted molar refractivity (Wildman–Crippen MR) is 92.3 cm³/mol. The fraction of sp³-hybridized carbons (Fsp3) is 0.222. The molecule has 1 amide bonds. The van der Waals surface area contributed by atoms with Crippen LogP contribution in [0, 0.1) is 12.7 Å². The summed E-state index contributed by atoms with van der Waals surface area (Å²) in [5.74, 6) is 0.144. The Balaban J connectivity index is 1.48. The van der Waals surface area contributed by atoms with Gasteiger partial charge in [0, 0.05) is 17.7 Å². The van der Waals surface area contributed by atoms with Crippen LogP contribution in [0.1, 0.15) is 18.4 Å². The maximum Gasteiger partial charge on any atom is 0.224 e. The van der Waals surface area contributed by atoms with Crippen molar-refractivity contribution in [1.29, 1.82) is 0 Å². The fourth-order valence-electron chi connectivity index (χ4n) is 2.37. The maximum absolute atomic E-state index is 13.2. The number of hydrogen-bond donors (Lipinski definition) is 1. The summed E-state index contributed by atoms with van der Waals surface area (Å²) in [4.78, 5) is 13.4. The third-order valence-corrected chi connectivity index (χ3v) is 3.69. The minimum atomic E-state index is -0.288. The Labute approximate surface area is 144 Å². The molecule has 1 N–H and O–H groups in total. The zero-order valence-corrected chi connectivity index (χ0v) is 13.8. The van der Waals surface area contributed by atoms with Crippen LogP contribution in [0.5, 0.6) is 0 Å². The zero-order chi connectivity index (χ0) is 17.6. The van der Waals surface area contributed by atoms with Gasteiger partial charge < -0.3 is 5.32 Å². The molecule has 6 nitrogen and oxygen atoms in total. The van der Waals surface area contributed by atoms with Gasteiger partial charge in [-0.3, -0.25) is 4.79 Å². The number of anilines is 1. The average Bonchev–Trinajstić information content (AvgIpc) is 3.08. The molecule has 1 aromatic heterocycles. The predicted octanol–water partition coefficient (Wildman–Crippen LogP) is 3.21. The van der Waals surface area contributed by atoms with Crippen LogP contribution >= 0.6 is 0 Å². The lowest BCUT2D eigenvalue weighted by Crippen LogP contribution is -2.13. The van der Waals surface area contributed by atoms with Crippen molar-refractivity contribution >= 4 is 11.6 Å². The van der Waals surface area contributed by atoms with Gasteiger partial charge in [-0.05, 0) is 42.3 Å². The molecule has 7 heteroatoms. The van der Waals surface area contributed by atoms with Crippen molar-refractivity contribution in [3.05, 3.63) is 59.9 Å². The van der Waals surface area contributed by atoms with Gasteiger partial charge in [0.05, 0.1) is 6.54 Å². The number of rotatable bonds is 6. The van der Waals surface area contributed by atoms with Crippen LogP contribution < -0.4 is 5.32 Å². The molecule has 2 aromatic carbocycles. The molecule has 0 atom stereocenters. The Bertz CT molecular complexity index is 863. The lowest BCUT2D eigenvalue weighted by atomic mass is 10.2. The van der Waals surface area contributed by atoms with Gasteiger partial charge in [0.1, 0.15) is 5.82 Å². The molecule has 0 aliphatic rings. The normalized spacial score (nSPS) is 10.6. The SMILES string of the molecule is Cc1cc(NC(=O)CCCn2nnc(-c3ccccc3)n2)ccc1F. The number of nitrogens with zero attached hydrogens (tertiary/aromatic N) is 4. The average molecular weight is 339 g/mol. The monoisotopic (exact) mass is 339 g/mol. The van der Waals surface area contributed by atoms with Crippen LogP contribution in [0.2, 0.25) is 0 Å². The van der Waals surface area contributed by atoms with Gasteiger partial charge in [-0.15, -0.1) is 10.2 Å². The van der Waals surface area contributed by atoms with Crippen LogP contribution in [-0.2, 0) is 11.3 Å². The standard InChI is InChI=1S/C18H18FN5O/c1-13-12-15(9-10-16(13)19)20-17(25)8-5-11-24-22-18(21-23-24)14-6-3-2-4-7-14/h2-4,6-7,9-10,12H,5,8,11H2,1H3,(H,20,25). The molecule has 0 saturated carbocycles. The summed E-state index contributed by atoms with van der Waals surface area (Å²) in [5.41, 5.74) is 1.99. The zero-order valence-electron chi connectivity index (χ0n) is 13.8. The van der Waals surface area contributed by atoms with Crippen molar-refractivity contribution in [2.75, 3.05) is 5.32 Å². The molecule has 0 unspecified atom stereocenters. The Morgan fingerprint density at radius 2 is 2.00 bits per heavy atom. The highest BCUT2D eigenvalue weighted by atomic mass is 19.1. The van der Waals surface area contributed by atoms with E-state index < -0.39 is 0 Å². The summed E-state index contributed by atoms with van der Waals surface area (Å²) >= 11 is 0. The number of halogens is 1. The molecule has 25 heavy (non-hydrogen) atoms. The largest absolute Gasteiger partial charge is 0.326 e. The summed E-state index contributed by atoms with van der Waals surface area (Å²) < 4.78 is 13.2. The van der Waals surface area contributed by atoms with E-state index in [2.05, 4.69) is 20.7 Å². The number of carbonyl (C=O) groups is 1. The van der Waals surface area contributed by atoms with Crippen LogP contribution in [-0.4, -0.2) is 26.1 Å². The Kier molecular flexibility index (Phi) is 5.13. The fourth-order valence-corrected chi connectivity index (χ4v) is 2.37. The molecule has 3 rings (SSSR count).